The van der Waals surface area contributed by atoms with Crippen molar-refractivity contribution in [1.29, 1.82) is 0 Å². The molecule has 0 bridgehead atoms. The number of rotatable bonds is 3. The number of halogens is 1. The molecule has 4 rings (SSSR count). The van der Waals surface area contributed by atoms with Gasteiger partial charge in [0.25, 0.3) is 0 Å². The molecule has 1 aromatic heterocycles. The second-order valence-electron chi connectivity index (χ2n) is 6.81. The third kappa shape index (κ3) is 3.09. The van der Waals surface area contributed by atoms with Crippen LogP contribution in [-0.2, 0) is 9.53 Å². The molecule has 136 valence electrons. The van der Waals surface area contributed by atoms with Gasteiger partial charge in [0.05, 0.1) is 5.57 Å². The van der Waals surface area contributed by atoms with Gasteiger partial charge in [0, 0.05) is 5.70 Å². The van der Waals surface area contributed by atoms with E-state index in [1.54, 1.807) is 16.8 Å². The van der Waals surface area contributed by atoms with Crippen molar-refractivity contribution in [3.05, 3.63) is 53.2 Å². The van der Waals surface area contributed by atoms with Crippen molar-refractivity contribution >= 4 is 11.9 Å². The average molecular weight is 356 g/mol. The molecule has 0 spiro atoms. The zero-order valence-corrected chi connectivity index (χ0v) is 14.6. The molecule has 6 nitrogen and oxygen atoms in total. The van der Waals surface area contributed by atoms with Crippen molar-refractivity contribution in [3.8, 4) is 0 Å². The standard InChI is InChI=1S/C19H21FN4O2/c1-12-16(18(25)26-15-5-3-2-4-6-15)17(13-7-9-14(20)10-8-13)24-19(23-12)21-11-22-24/h7-11,15,17H,2-6H2,1H3,(H,21,22,23)/t17-/m1/s1. The maximum Gasteiger partial charge on any atom is 0.338 e. The summed E-state index contributed by atoms with van der Waals surface area (Å²) in [4.78, 5) is 17.2. The maximum atomic E-state index is 13.4. The number of aromatic nitrogens is 3. The number of esters is 1. The van der Waals surface area contributed by atoms with E-state index >= 15 is 0 Å². The van der Waals surface area contributed by atoms with Crippen LogP contribution in [0.15, 0.2) is 41.9 Å². The van der Waals surface area contributed by atoms with E-state index in [0.717, 1.165) is 31.2 Å². The van der Waals surface area contributed by atoms with Gasteiger partial charge in [-0.1, -0.05) is 18.6 Å². The van der Waals surface area contributed by atoms with Crippen LogP contribution in [0.5, 0.6) is 0 Å². The summed E-state index contributed by atoms with van der Waals surface area (Å²) in [6, 6.07) is 5.60. The van der Waals surface area contributed by atoms with E-state index in [9.17, 15) is 9.18 Å². The number of carbonyl (C=O) groups is 1. The minimum atomic E-state index is -0.495. The molecular formula is C19H21FN4O2. The molecule has 7 heteroatoms. The number of hydrogen-bond donors (Lipinski definition) is 1. The number of hydrogen-bond acceptors (Lipinski definition) is 5. The molecule has 1 fully saturated rings. The smallest absolute Gasteiger partial charge is 0.338 e. The first-order chi connectivity index (χ1) is 12.6. The van der Waals surface area contributed by atoms with E-state index in [1.807, 2.05) is 6.92 Å². The van der Waals surface area contributed by atoms with Crippen molar-refractivity contribution in [2.75, 3.05) is 5.32 Å². The Morgan fingerprint density at radius 1 is 1.23 bits per heavy atom. The third-order valence-electron chi connectivity index (χ3n) is 5.03. The Labute approximate surface area is 151 Å². The van der Waals surface area contributed by atoms with Crippen LogP contribution >= 0.6 is 0 Å². The molecular weight excluding hydrogens is 335 g/mol. The number of anilines is 1. The van der Waals surface area contributed by atoms with Crippen LogP contribution in [0.1, 0.15) is 50.6 Å². The minimum absolute atomic E-state index is 0.0393. The van der Waals surface area contributed by atoms with Crippen molar-refractivity contribution < 1.29 is 13.9 Å². The fraction of sp³-hybridized carbons (Fsp3) is 0.421. The lowest BCUT2D eigenvalue weighted by Gasteiger charge is -2.30. The monoisotopic (exact) mass is 356 g/mol. The minimum Gasteiger partial charge on any atom is -0.459 e. The van der Waals surface area contributed by atoms with E-state index in [2.05, 4.69) is 15.4 Å². The predicted octanol–water partition coefficient (Wildman–Crippen LogP) is 3.58. The maximum absolute atomic E-state index is 13.4. The molecule has 0 saturated heterocycles. The molecule has 1 aliphatic heterocycles. The van der Waals surface area contributed by atoms with E-state index in [1.165, 1.54) is 24.9 Å². The van der Waals surface area contributed by atoms with E-state index in [-0.39, 0.29) is 17.9 Å². The highest BCUT2D eigenvalue weighted by atomic mass is 19.1. The number of nitrogens with one attached hydrogen (secondary N) is 1. The number of allylic oxidation sites excluding steroid dienone is 1. The number of carbonyl (C=O) groups excluding carboxylic acids is 1. The molecule has 1 aliphatic carbocycles. The van der Waals surface area contributed by atoms with Crippen molar-refractivity contribution in [2.45, 2.75) is 51.2 Å². The molecule has 2 aliphatic rings. The summed E-state index contributed by atoms with van der Waals surface area (Å²) in [5, 5.41) is 7.37. The molecule has 0 amide bonds. The zero-order chi connectivity index (χ0) is 18.1. The summed E-state index contributed by atoms with van der Waals surface area (Å²) in [5.41, 5.74) is 1.93. The normalized spacial score (nSPS) is 20.5. The highest BCUT2D eigenvalue weighted by Crippen LogP contribution is 2.36. The number of ether oxygens (including phenoxy) is 1. The van der Waals surface area contributed by atoms with Gasteiger partial charge in [-0.3, -0.25) is 0 Å². The van der Waals surface area contributed by atoms with Crippen LogP contribution in [0.4, 0.5) is 10.3 Å². The highest BCUT2D eigenvalue weighted by molar-refractivity contribution is 5.92. The van der Waals surface area contributed by atoms with Crippen LogP contribution in [0.2, 0.25) is 0 Å². The second-order valence-corrected chi connectivity index (χ2v) is 6.81. The van der Waals surface area contributed by atoms with Crippen LogP contribution in [0.3, 0.4) is 0 Å². The molecule has 1 saturated carbocycles. The Hall–Kier alpha value is -2.70. The quantitative estimate of drug-likeness (QED) is 0.852. The average Bonchev–Trinajstić information content (AvgIpc) is 3.10. The van der Waals surface area contributed by atoms with Gasteiger partial charge >= 0.3 is 5.97 Å². The summed E-state index contributed by atoms with van der Waals surface area (Å²) >= 11 is 0. The summed E-state index contributed by atoms with van der Waals surface area (Å²) in [6.07, 6.45) is 6.57. The highest BCUT2D eigenvalue weighted by Gasteiger charge is 2.35. The molecule has 26 heavy (non-hydrogen) atoms. The SMILES string of the molecule is CC1=C(C(=O)OC2CCCCC2)[C@@H](c2ccc(F)cc2)n2ncnc2N1. The number of benzene rings is 1. The Bertz CT molecular complexity index is 837. The molecule has 1 aromatic carbocycles. The van der Waals surface area contributed by atoms with Gasteiger partial charge in [-0.25, -0.2) is 13.9 Å². The number of fused-ring (bicyclic) bond motifs is 1. The van der Waals surface area contributed by atoms with E-state index < -0.39 is 6.04 Å². The summed E-state index contributed by atoms with van der Waals surface area (Å²) in [5.74, 6) is -0.128. The Morgan fingerprint density at radius 3 is 2.69 bits per heavy atom. The fourth-order valence-electron chi connectivity index (χ4n) is 3.71. The van der Waals surface area contributed by atoms with Gasteiger partial charge in [-0.15, -0.1) is 0 Å². The molecule has 1 N–H and O–H groups in total. The molecule has 0 radical (unpaired) electrons. The summed E-state index contributed by atoms with van der Waals surface area (Å²) < 4.78 is 20.8. The van der Waals surface area contributed by atoms with Crippen LogP contribution in [-0.4, -0.2) is 26.8 Å². The zero-order valence-electron chi connectivity index (χ0n) is 14.6. The van der Waals surface area contributed by atoms with Gasteiger partial charge < -0.3 is 10.1 Å². The molecule has 0 unspecified atom stereocenters. The molecule has 1 atom stereocenters. The van der Waals surface area contributed by atoms with Gasteiger partial charge in [-0.05, 0) is 50.3 Å². The van der Waals surface area contributed by atoms with Crippen LogP contribution < -0.4 is 5.32 Å². The van der Waals surface area contributed by atoms with Crippen LogP contribution in [0.25, 0.3) is 0 Å². The van der Waals surface area contributed by atoms with Gasteiger partial charge in [0.15, 0.2) is 0 Å². The van der Waals surface area contributed by atoms with Gasteiger partial charge in [0.2, 0.25) is 5.95 Å². The third-order valence-corrected chi connectivity index (χ3v) is 5.03. The van der Waals surface area contributed by atoms with E-state index in [4.69, 9.17) is 4.74 Å². The van der Waals surface area contributed by atoms with Crippen molar-refractivity contribution in [2.24, 2.45) is 0 Å². The van der Waals surface area contributed by atoms with Crippen molar-refractivity contribution in [3.63, 3.8) is 0 Å². The first kappa shape index (κ1) is 16.8. The molecule has 2 aromatic rings. The lowest BCUT2D eigenvalue weighted by Crippen LogP contribution is -2.32. The second kappa shape index (κ2) is 6.90. The lowest BCUT2D eigenvalue weighted by molar-refractivity contribution is -0.146. The first-order valence-corrected chi connectivity index (χ1v) is 8.97. The largest absolute Gasteiger partial charge is 0.459 e. The first-order valence-electron chi connectivity index (χ1n) is 8.97. The van der Waals surface area contributed by atoms with Crippen molar-refractivity contribution in [1.82, 2.24) is 14.8 Å². The lowest BCUT2D eigenvalue weighted by atomic mass is 9.95. The fourth-order valence-corrected chi connectivity index (χ4v) is 3.71. The summed E-state index contributed by atoms with van der Waals surface area (Å²) in [6.45, 7) is 1.83. The Balaban J connectivity index is 1.69. The van der Waals surface area contributed by atoms with Gasteiger partial charge in [0.1, 0.15) is 24.3 Å². The topological polar surface area (TPSA) is 69.0 Å². The van der Waals surface area contributed by atoms with Gasteiger partial charge in [-0.2, -0.15) is 10.1 Å². The Morgan fingerprint density at radius 2 is 1.96 bits per heavy atom. The van der Waals surface area contributed by atoms with Crippen LogP contribution in [0, 0.1) is 5.82 Å². The summed E-state index contributed by atoms with van der Waals surface area (Å²) in [7, 11) is 0. The Kier molecular flexibility index (Phi) is 4.44. The molecule has 2 heterocycles. The predicted molar refractivity (Wildman–Crippen MR) is 93.8 cm³/mol. The number of nitrogens with zero attached hydrogens (tertiary/aromatic N) is 3. The van der Waals surface area contributed by atoms with E-state index in [0.29, 0.717) is 17.2 Å².